The van der Waals surface area contributed by atoms with Crippen LogP contribution in [-0.2, 0) is 14.6 Å². The van der Waals surface area contributed by atoms with Crippen molar-refractivity contribution in [3.05, 3.63) is 84.4 Å². The van der Waals surface area contributed by atoms with Crippen LogP contribution in [0.25, 0.3) is 0 Å². The lowest BCUT2D eigenvalue weighted by molar-refractivity contribution is -0.143. The molecule has 0 bridgehead atoms. The number of halogens is 3. The highest BCUT2D eigenvalue weighted by molar-refractivity contribution is 7.91. The van der Waals surface area contributed by atoms with Gasteiger partial charge in [0.25, 0.3) is 5.91 Å². The molecule has 4 rings (SSSR count). The molecule has 1 aliphatic carbocycles. The Morgan fingerprint density at radius 1 is 0.895 bits per heavy atom. The number of nitrogens with zero attached hydrogens (tertiary/aromatic N) is 2. The van der Waals surface area contributed by atoms with Gasteiger partial charge in [0.15, 0.2) is 9.84 Å². The Morgan fingerprint density at radius 3 is 2.05 bits per heavy atom. The van der Waals surface area contributed by atoms with E-state index < -0.39 is 33.9 Å². The second-order valence-corrected chi connectivity index (χ2v) is 11.4. The Hall–Kier alpha value is -3.66. The van der Waals surface area contributed by atoms with E-state index in [9.17, 15) is 31.2 Å². The molecule has 0 aliphatic heterocycles. The van der Waals surface area contributed by atoms with Gasteiger partial charge in [-0.05, 0) is 80.3 Å². The number of rotatable bonds is 8. The van der Waals surface area contributed by atoms with Gasteiger partial charge >= 0.3 is 6.18 Å². The number of carbonyl (C=O) groups is 2. The van der Waals surface area contributed by atoms with Gasteiger partial charge in [-0.15, -0.1) is 0 Å². The van der Waals surface area contributed by atoms with Crippen molar-refractivity contribution in [2.45, 2.75) is 43.8 Å². The zero-order chi connectivity index (χ0) is 27.7. The number of alkyl halides is 3. The summed E-state index contributed by atoms with van der Waals surface area (Å²) in [6.07, 6.45) is -2.88. The van der Waals surface area contributed by atoms with Crippen molar-refractivity contribution < 1.29 is 31.2 Å². The molecule has 0 heterocycles. The fraction of sp³-hybridized carbons (Fsp3) is 0.286. The van der Waals surface area contributed by atoms with Crippen LogP contribution in [0.4, 0.5) is 30.2 Å². The lowest BCUT2D eigenvalue weighted by Crippen LogP contribution is -2.47. The van der Waals surface area contributed by atoms with Gasteiger partial charge in [-0.1, -0.05) is 24.3 Å². The van der Waals surface area contributed by atoms with Crippen LogP contribution in [0.2, 0.25) is 0 Å². The zero-order valence-corrected chi connectivity index (χ0v) is 21.7. The van der Waals surface area contributed by atoms with Crippen molar-refractivity contribution in [3.63, 3.8) is 0 Å². The van der Waals surface area contributed by atoms with E-state index in [0.29, 0.717) is 10.6 Å². The van der Waals surface area contributed by atoms with E-state index in [1.54, 1.807) is 24.3 Å². The number of sulfone groups is 1. The number of hydrogen-bond donors (Lipinski definition) is 0. The average Bonchev–Trinajstić information content (AvgIpc) is 3.68. The first-order valence-corrected chi connectivity index (χ1v) is 13.7. The summed E-state index contributed by atoms with van der Waals surface area (Å²) in [4.78, 5) is 28.1. The van der Waals surface area contributed by atoms with E-state index in [1.807, 2.05) is 0 Å². The summed E-state index contributed by atoms with van der Waals surface area (Å²) >= 11 is 0. The lowest BCUT2D eigenvalue weighted by Gasteiger charge is -2.31. The average molecular weight is 545 g/mol. The molecule has 0 spiro atoms. The minimum absolute atomic E-state index is 0.0441. The minimum Gasteiger partial charge on any atom is -0.296 e. The van der Waals surface area contributed by atoms with Crippen molar-refractivity contribution in [2.75, 3.05) is 15.6 Å². The number of carbonyl (C=O) groups excluding carboxylic acids is 2. The predicted octanol–water partition coefficient (Wildman–Crippen LogP) is 6.15. The third-order valence-corrected chi connectivity index (χ3v) is 8.29. The van der Waals surface area contributed by atoms with Crippen molar-refractivity contribution >= 4 is 38.7 Å². The van der Waals surface area contributed by atoms with E-state index in [-0.39, 0.29) is 33.5 Å². The van der Waals surface area contributed by atoms with Gasteiger partial charge in [-0.2, -0.15) is 13.2 Å². The smallest absolute Gasteiger partial charge is 0.296 e. The normalized spacial score (nSPS) is 14.6. The SMILES string of the molecule is CC(=O)N(c1ccc(S(=O)(=O)CC2CC2)cc1)c1cccc(C(=O)N(c2ccccc2)C(C)C(F)(F)F)c1. The molecule has 1 unspecified atom stereocenters. The van der Waals surface area contributed by atoms with Gasteiger partial charge in [0, 0.05) is 29.5 Å². The van der Waals surface area contributed by atoms with Crippen LogP contribution < -0.4 is 9.80 Å². The zero-order valence-electron chi connectivity index (χ0n) is 20.9. The van der Waals surface area contributed by atoms with Crippen molar-refractivity contribution in [1.82, 2.24) is 0 Å². The molecule has 1 saturated carbocycles. The summed E-state index contributed by atoms with van der Waals surface area (Å²) in [6.45, 7) is 2.21. The van der Waals surface area contributed by atoms with Crippen LogP contribution in [0.5, 0.6) is 0 Å². The van der Waals surface area contributed by atoms with Gasteiger partial charge in [-0.3, -0.25) is 19.4 Å². The summed E-state index contributed by atoms with van der Waals surface area (Å²) in [6, 6.07) is 17.1. The molecule has 1 atom stereocenters. The van der Waals surface area contributed by atoms with Crippen LogP contribution in [0.1, 0.15) is 37.0 Å². The summed E-state index contributed by atoms with van der Waals surface area (Å²) in [7, 11) is -3.44. The van der Waals surface area contributed by atoms with Crippen LogP contribution in [0.3, 0.4) is 0 Å². The number of amides is 2. The van der Waals surface area contributed by atoms with E-state index in [1.165, 1.54) is 66.4 Å². The highest BCUT2D eigenvalue weighted by Crippen LogP contribution is 2.34. The molecule has 0 N–H and O–H groups in total. The summed E-state index contributed by atoms with van der Waals surface area (Å²) < 4.78 is 66.3. The molecule has 1 fully saturated rings. The molecule has 6 nitrogen and oxygen atoms in total. The molecular weight excluding hydrogens is 517 g/mol. The third kappa shape index (κ3) is 6.07. The second-order valence-electron chi connectivity index (χ2n) is 9.35. The van der Waals surface area contributed by atoms with Gasteiger partial charge in [0.2, 0.25) is 5.91 Å². The van der Waals surface area contributed by atoms with Crippen LogP contribution >= 0.6 is 0 Å². The molecule has 2 amide bonds. The second kappa shape index (κ2) is 10.6. The van der Waals surface area contributed by atoms with Crippen molar-refractivity contribution in [3.8, 4) is 0 Å². The summed E-state index contributed by atoms with van der Waals surface area (Å²) in [5, 5.41) is 0. The Morgan fingerprint density at radius 2 is 1.50 bits per heavy atom. The summed E-state index contributed by atoms with van der Waals surface area (Å²) in [5.74, 6) is -1.04. The summed E-state index contributed by atoms with van der Waals surface area (Å²) in [5.41, 5.74) is 0.650. The molecule has 10 heteroatoms. The Kier molecular flexibility index (Phi) is 7.64. The van der Waals surface area contributed by atoms with Gasteiger partial charge in [-0.25, -0.2) is 8.42 Å². The first kappa shape index (κ1) is 27.4. The largest absolute Gasteiger partial charge is 0.408 e. The maximum Gasteiger partial charge on any atom is 0.408 e. The standard InChI is InChI=1S/C28H27F3N2O4S/c1-19(28(29,30)31)32(23-8-4-3-5-9-23)27(35)22-7-6-10-25(17-22)33(20(2)34)24-13-15-26(16-14-24)38(36,37)18-21-11-12-21/h3-10,13-17,19,21H,11-12,18H2,1-2H3. The molecule has 0 saturated heterocycles. The van der Waals surface area contributed by atoms with Crippen LogP contribution in [0, 0.1) is 5.92 Å². The fourth-order valence-corrected chi connectivity index (χ4v) is 5.87. The number of hydrogen-bond acceptors (Lipinski definition) is 4. The first-order chi connectivity index (χ1) is 17.9. The predicted molar refractivity (Wildman–Crippen MR) is 139 cm³/mol. The molecule has 200 valence electrons. The monoisotopic (exact) mass is 544 g/mol. The molecular formula is C28H27F3N2O4S. The maximum atomic E-state index is 13.7. The molecule has 0 aromatic heterocycles. The lowest BCUT2D eigenvalue weighted by atomic mass is 10.1. The number of para-hydroxylation sites is 1. The van der Waals surface area contributed by atoms with E-state index in [0.717, 1.165) is 19.8 Å². The Bertz CT molecular complexity index is 1420. The molecule has 3 aromatic rings. The topological polar surface area (TPSA) is 74.8 Å². The van der Waals surface area contributed by atoms with Gasteiger partial charge in [0.1, 0.15) is 6.04 Å². The van der Waals surface area contributed by atoms with Crippen molar-refractivity contribution in [2.24, 2.45) is 5.92 Å². The first-order valence-electron chi connectivity index (χ1n) is 12.1. The van der Waals surface area contributed by atoms with E-state index in [2.05, 4.69) is 0 Å². The van der Waals surface area contributed by atoms with E-state index >= 15 is 0 Å². The quantitative estimate of drug-likeness (QED) is 0.341. The van der Waals surface area contributed by atoms with Gasteiger partial charge < -0.3 is 0 Å². The van der Waals surface area contributed by atoms with Gasteiger partial charge in [0.05, 0.1) is 10.6 Å². The third-order valence-electron chi connectivity index (χ3n) is 6.39. The van der Waals surface area contributed by atoms with Crippen molar-refractivity contribution in [1.29, 1.82) is 0 Å². The molecule has 0 radical (unpaired) electrons. The molecule has 3 aromatic carbocycles. The van der Waals surface area contributed by atoms with Crippen LogP contribution in [0.15, 0.2) is 83.8 Å². The molecule has 1 aliphatic rings. The molecule has 38 heavy (non-hydrogen) atoms. The highest BCUT2D eigenvalue weighted by atomic mass is 32.2. The number of benzene rings is 3. The van der Waals surface area contributed by atoms with E-state index in [4.69, 9.17) is 0 Å². The number of anilines is 3. The Labute approximate surface area is 219 Å². The maximum absolute atomic E-state index is 13.7. The Balaban J connectivity index is 1.67. The highest BCUT2D eigenvalue weighted by Gasteiger charge is 2.43. The van der Waals surface area contributed by atoms with Crippen LogP contribution in [-0.4, -0.2) is 38.2 Å². The fourth-order valence-electron chi connectivity index (χ4n) is 4.18. The minimum atomic E-state index is -4.67.